The highest BCUT2D eigenvalue weighted by molar-refractivity contribution is 7.13. The summed E-state index contributed by atoms with van der Waals surface area (Å²) in [6, 6.07) is 9.98. The van der Waals surface area contributed by atoms with Crippen LogP contribution in [0.15, 0.2) is 35.7 Å². The summed E-state index contributed by atoms with van der Waals surface area (Å²) in [4.78, 5) is 16.5. The first-order valence-electron chi connectivity index (χ1n) is 6.93. The topological polar surface area (TPSA) is 70.7 Å². The van der Waals surface area contributed by atoms with Crippen LogP contribution in [-0.4, -0.2) is 21.1 Å². The smallest absolute Gasteiger partial charge is 0.231 e. The number of benzene rings is 1. The number of amides is 1. The van der Waals surface area contributed by atoms with Crippen molar-refractivity contribution in [1.29, 1.82) is 0 Å². The zero-order valence-corrected chi connectivity index (χ0v) is 13.2. The van der Waals surface area contributed by atoms with Gasteiger partial charge < -0.3 is 5.32 Å². The summed E-state index contributed by atoms with van der Waals surface area (Å²) in [5.74, 6) is 0.421. The highest BCUT2D eigenvalue weighted by atomic mass is 32.1. The van der Waals surface area contributed by atoms with Gasteiger partial charge in [-0.1, -0.05) is 23.8 Å². The molecule has 2 heterocycles. The second-order valence-electron chi connectivity index (χ2n) is 5.17. The van der Waals surface area contributed by atoms with Crippen molar-refractivity contribution in [2.75, 3.05) is 5.32 Å². The van der Waals surface area contributed by atoms with E-state index in [2.05, 4.69) is 39.6 Å². The molecule has 5 nitrogen and oxygen atoms in total. The number of H-pyrrole nitrogens is 1. The van der Waals surface area contributed by atoms with E-state index in [0.29, 0.717) is 5.82 Å². The van der Waals surface area contributed by atoms with E-state index in [0.717, 1.165) is 22.0 Å². The summed E-state index contributed by atoms with van der Waals surface area (Å²) in [6.07, 6.45) is 0.244. The van der Waals surface area contributed by atoms with Crippen LogP contribution in [-0.2, 0) is 11.2 Å². The Morgan fingerprint density at radius 3 is 2.91 bits per heavy atom. The summed E-state index contributed by atoms with van der Waals surface area (Å²) in [5.41, 5.74) is 3.96. The van der Waals surface area contributed by atoms with Gasteiger partial charge in [-0.3, -0.25) is 9.89 Å². The molecule has 0 aliphatic carbocycles. The molecule has 6 heteroatoms. The van der Waals surface area contributed by atoms with Gasteiger partial charge in [0.25, 0.3) is 0 Å². The van der Waals surface area contributed by atoms with Gasteiger partial charge in [-0.2, -0.15) is 5.10 Å². The number of hydrogen-bond donors (Lipinski definition) is 2. The van der Waals surface area contributed by atoms with E-state index in [9.17, 15) is 4.79 Å². The van der Waals surface area contributed by atoms with Crippen LogP contribution in [0.25, 0.3) is 10.6 Å². The highest BCUT2D eigenvalue weighted by Crippen LogP contribution is 2.24. The Labute approximate surface area is 132 Å². The maximum absolute atomic E-state index is 12.0. The monoisotopic (exact) mass is 312 g/mol. The number of carbonyl (C=O) groups excluding carboxylic acids is 1. The lowest BCUT2D eigenvalue weighted by molar-refractivity contribution is -0.115. The van der Waals surface area contributed by atoms with E-state index in [1.165, 1.54) is 5.56 Å². The second-order valence-corrected chi connectivity index (χ2v) is 6.03. The van der Waals surface area contributed by atoms with Crippen LogP contribution < -0.4 is 5.32 Å². The van der Waals surface area contributed by atoms with Crippen molar-refractivity contribution in [3.05, 3.63) is 52.7 Å². The van der Waals surface area contributed by atoms with Gasteiger partial charge in [-0.05, 0) is 19.9 Å². The SMILES string of the molecule is Cc1cccc(-c2nc(CC(=O)Nc3cc(C)[nH]n3)cs2)c1. The standard InChI is InChI=1S/C16H16N4OS/c1-10-4-3-5-12(6-10)16-17-13(9-22-16)8-15(21)18-14-7-11(2)19-20-14/h3-7,9H,8H2,1-2H3,(H2,18,19,20,21). The lowest BCUT2D eigenvalue weighted by Crippen LogP contribution is -2.14. The van der Waals surface area contributed by atoms with Gasteiger partial charge in [0.2, 0.25) is 5.91 Å². The first-order valence-corrected chi connectivity index (χ1v) is 7.81. The summed E-state index contributed by atoms with van der Waals surface area (Å²) < 4.78 is 0. The summed E-state index contributed by atoms with van der Waals surface area (Å²) in [5, 5.41) is 12.4. The van der Waals surface area contributed by atoms with Gasteiger partial charge in [0.15, 0.2) is 5.82 Å². The third-order valence-corrected chi connectivity index (χ3v) is 4.07. The number of anilines is 1. The third kappa shape index (κ3) is 3.40. The Morgan fingerprint density at radius 1 is 1.32 bits per heavy atom. The van der Waals surface area contributed by atoms with Crippen molar-refractivity contribution in [3.8, 4) is 10.6 Å². The minimum atomic E-state index is -0.118. The fourth-order valence-electron chi connectivity index (χ4n) is 2.13. The molecule has 112 valence electrons. The van der Waals surface area contributed by atoms with Crippen molar-refractivity contribution in [3.63, 3.8) is 0 Å². The van der Waals surface area contributed by atoms with E-state index < -0.39 is 0 Å². The van der Waals surface area contributed by atoms with Gasteiger partial charge >= 0.3 is 0 Å². The molecule has 0 saturated heterocycles. The molecule has 2 N–H and O–H groups in total. The minimum absolute atomic E-state index is 0.118. The molecule has 0 fully saturated rings. The predicted molar refractivity (Wildman–Crippen MR) is 87.9 cm³/mol. The zero-order chi connectivity index (χ0) is 15.5. The summed E-state index contributed by atoms with van der Waals surface area (Å²) in [7, 11) is 0. The van der Waals surface area contributed by atoms with Crippen LogP contribution in [0.5, 0.6) is 0 Å². The molecular formula is C16H16N4OS. The van der Waals surface area contributed by atoms with E-state index >= 15 is 0 Å². The molecule has 1 amide bonds. The van der Waals surface area contributed by atoms with E-state index in [-0.39, 0.29) is 12.3 Å². The van der Waals surface area contributed by atoms with Crippen molar-refractivity contribution >= 4 is 23.1 Å². The van der Waals surface area contributed by atoms with Gasteiger partial charge in [-0.25, -0.2) is 4.98 Å². The number of nitrogens with zero attached hydrogens (tertiary/aromatic N) is 2. The first kappa shape index (κ1) is 14.5. The number of nitrogens with one attached hydrogen (secondary N) is 2. The lowest BCUT2D eigenvalue weighted by atomic mass is 10.1. The number of aromatic nitrogens is 3. The number of aryl methyl sites for hydroxylation is 2. The first-order chi connectivity index (χ1) is 10.6. The van der Waals surface area contributed by atoms with Crippen LogP contribution >= 0.6 is 11.3 Å². The van der Waals surface area contributed by atoms with Gasteiger partial charge in [0, 0.05) is 22.7 Å². The van der Waals surface area contributed by atoms with Crippen molar-refractivity contribution < 1.29 is 4.79 Å². The molecule has 0 spiro atoms. The predicted octanol–water partition coefficient (Wildman–Crippen LogP) is 3.33. The molecule has 0 radical (unpaired) electrons. The van der Waals surface area contributed by atoms with Crippen LogP contribution in [0.1, 0.15) is 17.0 Å². The van der Waals surface area contributed by atoms with E-state index in [1.54, 1.807) is 17.4 Å². The third-order valence-electron chi connectivity index (χ3n) is 3.13. The van der Waals surface area contributed by atoms with E-state index in [1.807, 2.05) is 24.4 Å². The summed E-state index contributed by atoms with van der Waals surface area (Å²) in [6.45, 7) is 3.94. The average Bonchev–Trinajstić information content (AvgIpc) is 3.08. The Morgan fingerprint density at radius 2 is 2.18 bits per heavy atom. The van der Waals surface area contributed by atoms with Crippen LogP contribution in [0.2, 0.25) is 0 Å². The molecule has 0 atom stereocenters. The molecule has 0 aliphatic rings. The number of rotatable bonds is 4. The average molecular weight is 312 g/mol. The van der Waals surface area contributed by atoms with Crippen LogP contribution in [0.3, 0.4) is 0 Å². The Balaban J connectivity index is 1.67. The summed E-state index contributed by atoms with van der Waals surface area (Å²) >= 11 is 1.55. The van der Waals surface area contributed by atoms with Crippen molar-refractivity contribution in [2.45, 2.75) is 20.3 Å². The molecule has 0 aliphatic heterocycles. The number of hydrogen-bond acceptors (Lipinski definition) is 4. The maximum atomic E-state index is 12.0. The second kappa shape index (κ2) is 6.11. The molecule has 2 aromatic heterocycles. The Kier molecular flexibility index (Phi) is 4.02. The minimum Gasteiger partial charge on any atom is -0.309 e. The van der Waals surface area contributed by atoms with Crippen molar-refractivity contribution in [1.82, 2.24) is 15.2 Å². The van der Waals surface area contributed by atoms with Crippen LogP contribution in [0, 0.1) is 13.8 Å². The molecule has 0 saturated carbocycles. The quantitative estimate of drug-likeness (QED) is 0.776. The number of aromatic amines is 1. The normalized spacial score (nSPS) is 10.6. The van der Waals surface area contributed by atoms with Crippen LogP contribution in [0.4, 0.5) is 5.82 Å². The Hall–Kier alpha value is -2.47. The van der Waals surface area contributed by atoms with Gasteiger partial charge in [0.1, 0.15) is 5.01 Å². The van der Waals surface area contributed by atoms with Gasteiger partial charge in [0.05, 0.1) is 12.1 Å². The molecular weight excluding hydrogens is 296 g/mol. The van der Waals surface area contributed by atoms with E-state index in [4.69, 9.17) is 0 Å². The number of thiazole rings is 1. The maximum Gasteiger partial charge on any atom is 0.231 e. The largest absolute Gasteiger partial charge is 0.309 e. The molecule has 1 aromatic carbocycles. The van der Waals surface area contributed by atoms with Crippen molar-refractivity contribution in [2.24, 2.45) is 0 Å². The lowest BCUT2D eigenvalue weighted by Gasteiger charge is -1.99. The fraction of sp³-hybridized carbons (Fsp3) is 0.188. The molecule has 0 bridgehead atoms. The molecule has 3 aromatic rings. The molecule has 3 rings (SSSR count). The molecule has 0 unspecified atom stereocenters. The molecule has 22 heavy (non-hydrogen) atoms. The Bertz CT molecular complexity index is 806. The highest BCUT2D eigenvalue weighted by Gasteiger charge is 2.10. The fourth-order valence-corrected chi connectivity index (χ4v) is 2.95. The zero-order valence-electron chi connectivity index (χ0n) is 12.4. The number of carbonyl (C=O) groups is 1. The van der Waals surface area contributed by atoms with Gasteiger partial charge in [-0.15, -0.1) is 11.3 Å².